The van der Waals surface area contributed by atoms with Gasteiger partial charge in [0.15, 0.2) is 0 Å². The molecule has 0 saturated carbocycles. The molecule has 2 aromatic rings. The maximum absolute atomic E-state index is 13.5. The molecule has 2 aromatic carbocycles. The van der Waals surface area contributed by atoms with Gasteiger partial charge in [-0.3, -0.25) is 13.9 Å². The Morgan fingerprint density at radius 3 is 2.55 bits per heavy atom. The van der Waals surface area contributed by atoms with E-state index in [2.05, 4.69) is 17.2 Å². The van der Waals surface area contributed by atoms with Crippen molar-refractivity contribution in [3.05, 3.63) is 65.7 Å². The molecule has 0 saturated heterocycles. The van der Waals surface area contributed by atoms with E-state index in [-0.39, 0.29) is 40.9 Å². The number of anilines is 1. The van der Waals surface area contributed by atoms with Crippen LogP contribution >= 0.6 is 11.6 Å². The van der Waals surface area contributed by atoms with Gasteiger partial charge >= 0.3 is 0 Å². The topological polar surface area (TPSA) is 105 Å². The molecule has 178 valence electrons. The van der Waals surface area contributed by atoms with E-state index in [4.69, 9.17) is 16.3 Å². The van der Waals surface area contributed by atoms with Crippen molar-refractivity contribution in [2.24, 2.45) is 0 Å². The molecule has 0 unspecified atom stereocenters. The minimum atomic E-state index is -4.09. The normalized spacial score (nSPS) is 10.9. The number of nitrogens with zero attached hydrogens (tertiary/aromatic N) is 1. The molecular formula is C23H28ClN3O5S. The maximum Gasteiger partial charge on any atom is 0.264 e. The first-order valence-corrected chi connectivity index (χ1v) is 12.2. The van der Waals surface area contributed by atoms with Gasteiger partial charge in [-0.15, -0.1) is 6.58 Å². The summed E-state index contributed by atoms with van der Waals surface area (Å²) in [5, 5.41) is 5.41. The van der Waals surface area contributed by atoms with Crippen LogP contribution in [0.3, 0.4) is 0 Å². The molecule has 0 radical (unpaired) electrons. The number of carbonyl (C=O) groups excluding carboxylic acids is 2. The highest BCUT2D eigenvalue weighted by Gasteiger charge is 2.27. The molecule has 8 nitrogen and oxygen atoms in total. The third-order valence-electron chi connectivity index (χ3n) is 4.63. The second-order valence-corrected chi connectivity index (χ2v) is 9.26. The van der Waals surface area contributed by atoms with Gasteiger partial charge in [-0.25, -0.2) is 8.42 Å². The number of hydrogen-bond donors (Lipinski definition) is 2. The molecule has 0 spiro atoms. The van der Waals surface area contributed by atoms with Crippen LogP contribution in [0.25, 0.3) is 0 Å². The number of para-hydroxylation sites is 2. The summed E-state index contributed by atoms with van der Waals surface area (Å²) in [7, 11) is -2.64. The number of rotatable bonds is 12. The Labute approximate surface area is 199 Å². The molecule has 0 heterocycles. The molecule has 2 amide bonds. The zero-order valence-electron chi connectivity index (χ0n) is 18.6. The van der Waals surface area contributed by atoms with Crippen LogP contribution in [-0.4, -0.2) is 47.0 Å². The number of sulfonamides is 1. The zero-order valence-corrected chi connectivity index (χ0v) is 20.2. The Kier molecular flexibility index (Phi) is 9.74. The van der Waals surface area contributed by atoms with Crippen LogP contribution < -0.4 is 19.7 Å². The molecule has 33 heavy (non-hydrogen) atoms. The summed E-state index contributed by atoms with van der Waals surface area (Å²) in [6, 6.07) is 10.6. The summed E-state index contributed by atoms with van der Waals surface area (Å²) in [6.45, 7) is 6.23. The Morgan fingerprint density at radius 1 is 1.15 bits per heavy atom. The fourth-order valence-electron chi connectivity index (χ4n) is 2.98. The molecule has 0 aromatic heterocycles. The average Bonchev–Trinajstić information content (AvgIpc) is 2.81. The number of hydrogen-bond acceptors (Lipinski definition) is 5. The molecule has 0 atom stereocenters. The second-order valence-electron chi connectivity index (χ2n) is 6.99. The van der Waals surface area contributed by atoms with Gasteiger partial charge < -0.3 is 15.4 Å². The first-order chi connectivity index (χ1) is 15.8. The van der Waals surface area contributed by atoms with E-state index < -0.39 is 15.9 Å². The van der Waals surface area contributed by atoms with Gasteiger partial charge in [0, 0.05) is 19.5 Å². The number of ether oxygens (including phenoxy) is 1. The summed E-state index contributed by atoms with van der Waals surface area (Å²) in [4.78, 5) is 24.2. The van der Waals surface area contributed by atoms with Crippen molar-refractivity contribution in [1.29, 1.82) is 0 Å². The zero-order chi connectivity index (χ0) is 24.4. The highest BCUT2D eigenvalue weighted by Crippen LogP contribution is 2.33. The Morgan fingerprint density at radius 2 is 1.88 bits per heavy atom. The minimum absolute atomic E-state index is 0.00899. The molecule has 0 bridgehead atoms. The van der Waals surface area contributed by atoms with Crippen molar-refractivity contribution >= 4 is 39.1 Å². The second kappa shape index (κ2) is 12.3. The number of halogens is 1. The van der Waals surface area contributed by atoms with Crippen molar-refractivity contribution in [1.82, 2.24) is 10.6 Å². The molecule has 0 aliphatic rings. The third-order valence-corrected chi connectivity index (χ3v) is 6.73. The summed E-state index contributed by atoms with van der Waals surface area (Å²) in [6.07, 6.45) is 2.37. The lowest BCUT2D eigenvalue weighted by Gasteiger charge is -2.25. The van der Waals surface area contributed by atoms with E-state index in [0.717, 1.165) is 10.7 Å². The molecule has 0 aliphatic heterocycles. The van der Waals surface area contributed by atoms with E-state index >= 15 is 0 Å². The van der Waals surface area contributed by atoms with Gasteiger partial charge in [0.1, 0.15) is 5.75 Å². The van der Waals surface area contributed by atoms with Gasteiger partial charge in [-0.1, -0.05) is 36.7 Å². The van der Waals surface area contributed by atoms with E-state index in [1.54, 1.807) is 24.3 Å². The van der Waals surface area contributed by atoms with E-state index in [9.17, 15) is 18.0 Å². The predicted molar refractivity (Wildman–Crippen MR) is 129 cm³/mol. The van der Waals surface area contributed by atoms with Gasteiger partial charge in [-0.2, -0.15) is 0 Å². The highest BCUT2D eigenvalue weighted by atomic mass is 35.5. The molecular weight excluding hydrogens is 466 g/mol. The summed E-state index contributed by atoms with van der Waals surface area (Å²) >= 11 is 6.17. The quantitative estimate of drug-likeness (QED) is 0.441. The van der Waals surface area contributed by atoms with Gasteiger partial charge in [0.05, 0.1) is 34.8 Å². The molecule has 10 heteroatoms. The van der Waals surface area contributed by atoms with Crippen LogP contribution in [0.15, 0.2) is 60.0 Å². The van der Waals surface area contributed by atoms with Crippen LogP contribution in [0, 0.1) is 0 Å². The van der Waals surface area contributed by atoms with Gasteiger partial charge in [-0.05, 0) is 36.8 Å². The van der Waals surface area contributed by atoms with E-state index in [1.165, 1.54) is 31.4 Å². The highest BCUT2D eigenvalue weighted by molar-refractivity contribution is 7.92. The van der Waals surface area contributed by atoms with Crippen LogP contribution in [0.5, 0.6) is 5.75 Å². The lowest BCUT2D eigenvalue weighted by atomic mass is 10.2. The fourth-order valence-corrected chi connectivity index (χ4v) is 4.66. The van der Waals surface area contributed by atoms with Crippen LogP contribution in [0.1, 0.15) is 30.1 Å². The van der Waals surface area contributed by atoms with Crippen molar-refractivity contribution in [2.75, 3.05) is 31.0 Å². The Balaban J connectivity index is 2.30. The number of amides is 2. The number of benzene rings is 2. The van der Waals surface area contributed by atoms with Crippen molar-refractivity contribution in [3.63, 3.8) is 0 Å². The largest absolute Gasteiger partial charge is 0.495 e. The smallest absolute Gasteiger partial charge is 0.264 e. The van der Waals surface area contributed by atoms with Crippen molar-refractivity contribution in [2.45, 2.75) is 24.7 Å². The lowest BCUT2D eigenvalue weighted by Crippen LogP contribution is -2.32. The number of nitrogens with one attached hydrogen (secondary N) is 2. The minimum Gasteiger partial charge on any atom is -0.495 e. The predicted octanol–water partition coefficient (Wildman–Crippen LogP) is 3.38. The monoisotopic (exact) mass is 493 g/mol. The number of methoxy groups -OCH3 is 1. The first-order valence-electron chi connectivity index (χ1n) is 10.4. The standard InChI is InChI=1S/C23H28ClN3O5S/c1-4-13-25-22(28)12-14-26-23(29)18-16-17(10-11-19(18)24)33(30,31)27(15-5-2)20-8-6-7-9-21(20)32-3/h5-11,16H,2,4,12-15H2,1,3H3,(H,25,28)(H,26,29). The SMILES string of the molecule is C=CCN(c1ccccc1OC)S(=O)(=O)c1ccc(Cl)c(C(=O)NCCC(=O)NCCC)c1. The molecule has 2 N–H and O–H groups in total. The summed E-state index contributed by atoms with van der Waals surface area (Å²) in [5.41, 5.74) is 0.323. The van der Waals surface area contributed by atoms with Crippen molar-refractivity contribution in [3.8, 4) is 5.75 Å². The summed E-state index contributed by atoms with van der Waals surface area (Å²) in [5.74, 6) is -0.388. The van der Waals surface area contributed by atoms with E-state index in [0.29, 0.717) is 18.0 Å². The van der Waals surface area contributed by atoms with Crippen molar-refractivity contribution < 1.29 is 22.7 Å². The molecule has 0 aliphatic carbocycles. The molecule has 2 rings (SSSR count). The Hall–Kier alpha value is -3.04. The molecule has 0 fully saturated rings. The van der Waals surface area contributed by atoms with E-state index in [1.807, 2.05) is 6.92 Å². The van der Waals surface area contributed by atoms with Crippen LogP contribution in [0.2, 0.25) is 5.02 Å². The van der Waals surface area contributed by atoms with Crippen LogP contribution in [-0.2, 0) is 14.8 Å². The number of carbonyl (C=O) groups is 2. The average molecular weight is 494 g/mol. The lowest BCUT2D eigenvalue weighted by molar-refractivity contribution is -0.120. The Bertz CT molecular complexity index is 1110. The fraction of sp³-hybridized carbons (Fsp3) is 0.304. The maximum atomic E-state index is 13.5. The third kappa shape index (κ3) is 6.72. The van der Waals surface area contributed by atoms with Gasteiger partial charge in [0.2, 0.25) is 5.91 Å². The van der Waals surface area contributed by atoms with Gasteiger partial charge in [0.25, 0.3) is 15.9 Å². The van der Waals surface area contributed by atoms with Crippen LogP contribution in [0.4, 0.5) is 5.69 Å². The first kappa shape index (κ1) is 26.2. The summed E-state index contributed by atoms with van der Waals surface area (Å²) < 4.78 is 33.4.